The van der Waals surface area contributed by atoms with Crippen molar-refractivity contribution in [2.45, 2.75) is 38.6 Å². The fourth-order valence-electron chi connectivity index (χ4n) is 2.42. The molecule has 21 heavy (non-hydrogen) atoms. The highest BCUT2D eigenvalue weighted by molar-refractivity contribution is 5.98. The topological polar surface area (TPSA) is 84.2 Å². The fraction of sp³-hybridized carbons (Fsp3) is 0.467. The van der Waals surface area contributed by atoms with Crippen molar-refractivity contribution in [1.29, 1.82) is 0 Å². The van der Waals surface area contributed by atoms with Crippen molar-refractivity contribution >= 4 is 17.5 Å². The van der Waals surface area contributed by atoms with E-state index in [4.69, 9.17) is 5.73 Å². The summed E-state index contributed by atoms with van der Waals surface area (Å²) in [6.45, 7) is 2.35. The Labute approximate surface area is 123 Å². The van der Waals surface area contributed by atoms with E-state index in [9.17, 15) is 14.0 Å². The third kappa shape index (κ3) is 3.78. The predicted molar refractivity (Wildman–Crippen MR) is 78.5 cm³/mol. The summed E-state index contributed by atoms with van der Waals surface area (Å²) in [6.07, 6.45) is 3.89. The van der Waals surface area contributed by atoms with Crippen LogP contribution in [-0.4, -0.2) is 24.4 Å². The van der Waals surface area contributed by atoms with E-state index in [0.717, 1.165) is 38.3 Å². The molecule has 4 N–H and O–H groups in total. The molecule has 1 aromatic carbocycles. The molecule has 6 heteroatoms. The number of rotatable bonds is 3. The molecule has 114 valence electrons. The van der Waals surface area contributed by atoms with Crippen molar-refractivity contribution < 1.29 is 14.0 Å². The van der Waals surface area contributed by atoms with Crippen molar-refractivity contribution in [2.75, 3.05) is 11.9 Å². The first-order chi connectivity index (χ1) is 9.99. The molecule has 5 nitrogen and oxygen atoms in total. The number of primary amides is 1. The zero-order valence-electron chi connectivity index (χ0n) is 12.0. The standard InChI is InChI=1S/C15H20FN3O2/c1-9-11(16)7-10(14(17)20)8-13(9)19-15(21)12-5-3-2-4-6-18-12/h7-8,12,18H,2-6H2,1H3,(H2,17,20)(H,19,21). The Balaban J connectivity index is 2.17. The molecule has 2 rings (SSSR count). The third-order valence-electron chi connectivity index (χ3n) is 3.76. The van der Waals surface area contributed by atoms with Gasteiger partial charge in [0.1, 0.15) is 5.82 Å². The van der Waals surface area contributed by atoms with Gasteiger partial charge in [-0.2, -0.15) is 0 Å². The number of hydrogen-bond acceptors (Lipinski definition) is 3. The summed E-state index contributed by atoms with van der Waals surface area (Å²) in [7, 11) is 0. The lowest BCUT2D eigenvalue weighted by Gasteiger charge is -2.17. The average Bonchev–Trinajstić information content (AvgIpc) is 2.72. The largest absolute Gasteiger partial charge is 0.366 e. The van der Waals surface area contributed by atoms with Crippen LogP contribution in [0.15, 0.2) is 12.1 Å². The second-order valence-electron chi connectivity index (χ2n) is 5.34. The van der Waals surface area contributed by atoms with E-state index in [0.29, 0.717) is 11.3 Å². The lowest BCUT2D eigenvalue weighted by molar-refractivity contribution is -0.118. The molecule has 1 saturated heterocycles. The van der Waals surface area contributed by atoms with Crippen LogP contribution >= 0.6 is 0 Å². The van der Waals surface area contributed by atoms with Gasteiger partial charge in [-0.15, -0.1) is 0 Å². The SMILES string of the molecule is Cc1c(F)cc(C(N)=O)cc1NC(=O)C1CCCCCN1. The molecule has 0 aliphatic carbocycles. The van der Waals surface area contributed by atoms with E-state index in [1.807, 2.05) is 0 Å². The van der Waals surface area contributed by atoms with Crippen LogP contribution < -0.4 is 16.4 Å². The number of halogens is 1. The van der Waals surface area contributed by atoms with Crippen LogP contribution in [-0.2, 0) is 4.79 Å². The minimum Gasteiger partial charge on any atom is -0.366 e. The van der Waals surface area contributed by atoms with Crippen molar-refractivity contribution in [2.24, 2.45) is 5.73 Å². The van der Waals surface area contributed by atoms with Gasteiger partial charge in [-0.25, -0.2) is 4.39 Å². The molecule has 1 aliphatic heterocycles. The molecule has 0 radical (unpaired) electrons. The lowest BCUT2D eigenvalue weighted by atomic mass is 10.1. The maximum Gasteiger partial charge on any atom is 0.248 e. The minimum absolute atomic E-state index is 0.0437. The third-order valence-corrected chi connectivity index (χ3v) is 3.76. The number of hydrogen-bond donors (Lipinski definition) is 3. The molecule has 1 aliphatic rings. The maximum atomic E-state index is 13.8. The first-order valence-corrected chi connectivity index (χ1v) is 7.13. The highest BCUT2D eigenvalue weighted by Gasteiger charge is 2.21. The van der Waals surface area contributed by atoms with Gasteiger partial charge >= 0.3 is 0 Å². The van der Waals surface area contributed by atoms with Gasteiger partial charge in [0.25, 0.3) is 0 Å². The van der Waals surface area contributed by atoms with Gasteiger partial charge in [-0.3, -0.25) is 9.59 Å². The number of anilines is 1. The van der Waals surface area contributed by atoms with E-state index >= 15 is 0 Å². The molecular weight excluding hydrogens is 273 g/mol. The highest BCUT2D eigenvalue weighted by Crippen LogP contribution is 2.21. The van der Waals surface area contributed by atoms with E-state index in [2.05, 4.69) is 10.6 Å². The Morgan fingerprint density at radius 1 is 1.33 bits per heavy atom. The number of carbonyl (C=O) groups is 2. The summed E-state index contributed by atoms with van der Waals surface area (Å²) in [5, 5.41) is 5.87. The van der Waals surface area contributed by atoms with E-state index in [-0.39, 0.29) is 17.5 Å². The van der Waals surface area contributed by atoms with Gasteiger partial charge in [0.15, 0.2) is 0 Å². The van der Waals surface area contributed by atoms with Crippen LogP contribution in [0, 0.1) is 12.7 Å². The first kappa shape index (κ1) is 15.4. The van der Waals surface area contributed by atoms with Gasteiger partial charge in [0, 0.05) is 16.8 Å². The summed E-state index contributed by atoms with van der Waals surface area (Å²) in [6, 6.07) is 2.21. The van der Waals surface area contributed by atoms with E-state index in [1.54, 1.807) is 6.92 Å². The fourth-order valence-corrected chi connectivity index (χ4v) is 2.42. The summed E-state index contributed by atoms with van der Waals surface area (Å²) in [5.41, 5.74) is 5.79. The summed E-state index contributed by atoms with van der Waals surface area (Å²) in [5.74, 6) is -1.49. The molecule has 1 aromatic rings. The molecule has 0 bridgehead atoms. The van der Waals surface area contributed by atoms with Crippen LogP contribution in [0.5, 0.6) is 0 Å². The molecule has 2 amide bonds. The first-order valence-electron chi connectivity index (χ1n) is 7.13. The molecule has 0 aromatic heterocycles. The van der Waals surface area contributed by atoms with Crippen molar-refractivity contribution in [1.82, 2.24) is 5.32 Å². The maximum absolute atomic E-state index is 13.8. The van der Waals surface area contributed by atoms with Crippen LogP contribution in [0.1, 0.15) is 41.6 Å². The zero-order chi connectivity index (χ0) is 15.4. The van der Waals surface area contributed by atoms with Crippen molar-refractivity contribution in [3.63, 3.8) is 0 Å². The van der Waals surface area contributed by atoms with E-state index < -0.39 is 11.7 Å². The Bertz CT molecular complexity index is 552. The second kappa shape index (κ2) is 6.67. The summed E-state index contributed by atoms with van der Waals surface area (Å²) < 4.78 is 13.8. The Kier molecular flexibility index (Phi) is 4.90. The Morgan fingerprint density at radius 3 is 2.81 bits per heavy atom. The predicted octanol–water partition coefficient (Wildman–Crippen LogP) is 1.70. The van der Waals surface area contributed by atoms with Crippen LogP contribution in [0.4, 0.5) is 10.1 Å². The number of amides is 2. The normalized spacial score (nSPS) is 18.9. The minimum atomic E-state index is -0.725. The second-order valence-corrected chi connectivity index (χ2v) is 5.34. The Morgan fingerprint density at radius 2 is 2.10 bits per heavy atom. The molecule has 1 atom stereocenters. The van der Waals surface area contributed by atoms with Crippen LogP contribution in [0.2, 0.25) is 0 Å². The smallest absolute Gasteiger partial charge is 0.248 e. The molecular formula is C15H20FN3O2. The van der Waals surface area contributed by atoms with Gasteiger partial charge in [-0.05, 0) is 38.4 Å². The molecule has 0 saturated carbocycles. The average molecular weight is 293 g/mol. The lowest BCUT2D eigenvalue weighted by Crippen LogP contribution is -2.40. The highest BCUT2D eigenvalue weighted by atomic mass is 19.1. The number of benzene rings is 1. The molecule has 0 spiro atoms. The van der Waals surface area contributed by atoms with Crippen LogP contribution in [0.3, 0.4) is 0 Å². The van der Waals surface area contributed by atoms with Crippen LogP contribution in [0.25, 0.3) is 0 Å². The zero-order valence-corrected chi connectivity index (χ0v) is 12.0. The quantitative estimate of drug-likeness (QED) is 0.793. The Hall–Kier alpha value is -1.95. The molecule has 1 fully saturated rings. The van der Waals surface area contributed by atoms with Crippen molar-refractivity contribution in [3.8, 4) is 0 Å². The summed E-state index contributed by atoms with van der Waals surface area (Å²) in [4.78, 5) is 23.4. The summed E-state index contributed by atoms with van der Waals surface area (Å²) >= 11 is 0. The molecule has 1 unspecified atom stereocenters. The number of nitrogens with one attached hydrogen (secondary N) is 2. The van der Waals surface area contributed by atoms with E-state index in [1.165, 1.54) is 6.07 Å². The van der Waals surface area contributed by atoms with Gasteiger partial charge in [0.05, 0.1) is 6.04 Å². The van der Waals surface area contributed by atoms with Crippen molar-refractivity contribution in [3.05, 3.63) is 29.1 Å². The van der Waals surface area contributed by atoms with Gasteiger partial charge < -0.3 is 16.4 Å². The van der Waals surface area contributed by atoms with Gasteiger partial charge in [-0.1, -0.05) is 12.8 Å². The number of nitrogens with two attached hydrogens (primary N) is 1. The monoisotopic (exact) mass is 293 g/mol. The van der Waals surface area contributed by atoms with Gasteiger partial charge in [0.2, 0.25) is 11.8 Å². The number of carbonyl (C=O) groups excluding carboxylic acids is 2. The molecule has 1 heterocycles.